The van der Waals surface area contributed by atoms with Gasteiger partial charge in [-0.15, -0.1) is 0 Å². The summed E-state index contributed by atoms with van der Waals surface area (Å²) in [6.07, 6.45) is 2.49. The number of amides is 4. The molecule has 4 amide bonds. The molecule has 3 heterocycles. The Kier molecular flexibility index (Phi) is 7.76. The van der Waals surface area contributed by atoms with Gasteiger partial charge in [-0.25, -0.2) is 4.98 Å². The smallest absolute Gasteiger partial charge is 0.269 e. The van der Waals surface area contributed by atoms with Crippen molar-refractivity contribution in [1.29, 1.82) is 0 Å². The van der Waals surface area contributed by atoms with Crippen molar-refractivity contribution in [3.8, 4) is 0 Å². The lowest BCUT2D eigenvalue weighted by Crippen LogP contribution is -2.52. The summed E-state index contributed by atoms with van der Waals surface area (Å²) in [4.78, 5) is 57.8. The first kappa shape index (κ1) is 28.6. The van der Waals surface area contributed by atoms with Gasteiger partial charge in [0.15, 0.2) is 5.69 Å². The van der Waals surface area contributed by atoms with Crippen LogP contribution in [0.1, 0.15) is 35.3 Å². The van der Waals surface area contributed by atoms with Crippen LogP contribution >= 0.6 is 23.2 Å². The lowest BCUT2D eigenvalue weighted by molar-refractivity contribution is -0.141. The Morgan fingerprint density at radius 2 is 1.79 bits per heavy atom. The summed E-state index contributed by atoms with van der Waals surface area (Å²) < 4.78 is 1.41. The zero-order valence-corrected chi connectivity index (χ0v) is 24.3. The summed E-state index contributed by atoms with van der Waals surface area (Å²) >= 11 is 12.0. The van der Waals surface area contributed by atoms with Crippen molar-refractivity contribution in [2.24, 2.45) is 11.7 Å². The van der Waals surface area contributed by atoms with E-state index in [9.17, 15) is 19.2 Å². The van der Waals surface area contributed by atoms with E-state index in [0.717, 1.165) is 24.8 Å². The number of primary amides is 1. The van der Waals surface area contributed by atoms with E-state index in [1.54, 1.807) is 65.6 Å². The predicted octanol–water partition coefficient (Wildman–Crippen LogP) is 4.04. The Hall–Kier alpha value is -4.48. The lowest BCUT2D eigenvalue weighted by Gasteiger charge is -2.34. The normalized spacial score (nSPS) is 19.0. The van der Waals surface area contributed by atoms with E-state index < -0.39 is 11.9 Å². The summed E-state index contributed by atoms with van der Waals surface area (Å²) in [5.41, 5.74) is 7.28. The number of halogens is 2. The number of nitrogens with one attached hydrogen (secondary N) is 2. The molecule has 3 atom stereocenters. The molecule has 2 fully saturated rings. The first-order chi connectivity index (χ1) is 20.7. The van der Waals surface area contributed by atoms with E-state index in [4.69, 9.17) is 28.9 Å². The SMILES string of the molecule is NC(=O)c1nn(CC(=O)N2[C@@H]3CC[C@@H](C3)[C@H]2C(=O)Nc2cccc(Cl)n2)c2ccc(NC(=O)Cc3cccc(Cl)c3)cc12. The predicted molar refractivity (Wildman–Crippen MR) is 162 cm³/mol. The molecular weight excluding hydrogens is 593 g/mol. The molecule has 2 aromatic heterocycles. The van der Waals surface area contributed by atoms with E-state index in [2.05, 4.69) is 20.7 Å². The minimum Gasteiger partial charge on any atom is -0.364 e. The summed E-state index contributed by atoms with van der Waals surface area (Å²) in [5.74, 6) is -1.33. The van der Waals surface area contributed by atoms with Gasteiger partial charge >= 0.3 is 0 Å². The topological polar surface area (TPSA) is 152 Å². The first-order valence-electron chi connectivity index (χ1n) is 13.8. The summed E-state index contributed by atoms with van der Waals surface area (Å²) in [5, 5.41) is 11.1. The Morgan fingerprint density at radius 1 is 0.977 bits per heavy atom. The molecule has 0 spiro atoms. The Bertz CT molecular complexity index is 1770. The largest absolute Gasteiger partial charge is 0.364 e. The number of nitrogens with two attached hydrogens (primary N) is 1. The standard InChI is InChI=1S/C30H27Cl2N7O4/c31-18-4-1-3-16(11-18)12-25(40)34-19-8-10-22-21(14-19)27(29(33)42)37-38(22)15-26(41)39-20-9-7-17(13-20)28(39)30(43)36-24-6-2-5-23(32)35-24/h1-6,8,10-11,14,17,20,28H,7,9,12-13,15H2,(H2,33,42)(H,34,40)(H,35,36,43)/t17-,20+,28-/m0/s1. The number of anilines is 2. The molecule has 1 aliphatic carbocycles. The number of likely N-dealkylation sites (tertiary alicyclic amines) is 1. The van der Waals surface area contributed by atoms with Crippen molar-refractivity contribution in [2.75, 3.05) is 10.6 Å². The number of rotatable bonds is 8. The molecule has 1 aliphatic heterocycles. The monoisotopic (exact) mass is 619 g/mol. The molecule has 1 saturated carbocycles. The third-order valence-corrected chi connectivity index (χ3v) is 8.36. The zero-order chi connectivity index (χ0) is 30.2. The molecule has 13 heteroatoms. The molecule has 6 rings (SSSR count). The fourth-order valence-electron chi connectivity index (χ4n) is 6.17. The Labute approximate surface area is 256 Å². The van der Waals surface area contributed by atoms with E-state index in [1.807, 2.05) is 0 Å². The van der Waals surface area contributed by atoms with Crippen molar-refractivity contribution < 1.29 is 19.2 Å². The number of fused-ring (bicyclic) bond motifs is 3. The van der Waals surface area contributed by atoms with Gasteiger partial charge in [0, 0.05) is 22.1 Å². The highest BCUT2D eigenvalue weighted by Crippen LogP contribution is 2.43. The highest BCUT2D eigenvalue weighted by molar-refractivity contribution is 6.30. The van der Waals surface area contributed by atoms with Gasteiger partial charge in [0.2, 0.25) is 17.7 Å². The summed E-state index contributed by atoms with van der Waals surface area (Å²) in [7, 11) is 0. The van der Waals surface area contributed by atoms with Gasteiger partial charge in [0.25, 0.3) is 5.91 Å². The highest BCUT2D eigenvalue weighted by Gasteiger charge is 2.51. The number of hydrogen-bond donors (Lipinski definition) is 3. The average molecular weight is 620 g/mol. The van der Waals surface area contributed by atoms with Crippen LogP contribution in [0.2, 0.25) is 10.2 Å². The second-order valence-corrected chi connectivity index (χ2v) is 11.6. The van der Waals surface area contributed by atoms with E-state index >= 15 is 0 Å². The molecule has 2 aromatic carbocycles. The number of benzene rings is 2. The van der Waals surface area contributed by atoms with Crippen LogP contribution in [0.4, 0.5) is 11.5 Å². The minimum atomic E-state index is -0.773. The molecule has 4 aromatic rings. The quantitative estimate of drug-likeness (QED) is 0.253. The minimum absolute atomic E-state index is 0.0294. The maximum absolute atomic E-state index is 13.7. The molecule has 11 nitrogen and oxygen atoms in total. The molecule has 2 aliphatic rings. The zero-order valence-electron chi connectivity index (χ0n) is 22.8. The van der Waals surface area contributed by atoms with Crippen molar-refractivity contribution in [1.82, 2.24) is 19.7 Å². The average Bonchev–Trinajstić information content (AvgIpc) is 3.66. The van der Waals surface area contributed by atoms with E-state index in [-0.39, 0.29) is 53.5 Å². The Balaban J connectivity index is 1.21. The van der Waals surface area contributed by atoms with Gasteiger partial charge in [0.1, 0.15) is 23.6 Å². The number of pyridine rings is 1. The molecule has 1 saturated heterocycles. The molecular formula is C30H27Cl2N7O4. The van der Waals surface area contributed by atoms with Crippen molar-refractivity contribution in [2.45, 2.75) is 44.3 Å². The van der Waals surface area contributed by atoms with Gasteiger partial charge in [-0.1, -0.05) is 41.4 Å². The fraction of sp³-hybridized carbons (Fsp3) is 0.267. The van der Waals surface area contributed by atoms with Gasteiger partial charge < -0.3 is 21.3 Å². The number of piperidine rings is 1. The van der Waals surface area contributed by atoms with Crippen LogP contribution in [0.3, 0.4) is 0 Å². The van der Waals surface area contributed by atoms with Crippen LogP contribution in [-0.2, 0) is 27.3 Å². The number of carbonyl (C=O) groups is 4. The second-order valence-electron chi connectivity index (χ2n) is 10.8. The van der Waals surface area contributed by atoms with Crippen LogP contribution in [0.15, 0.2) is 60.7 Å². The molecule has 43 heavy (non-hydrogen) atoms. The van der Waals surface area contributed by atoms with Crippen molar-refractivity contribution >= 4 is 69.2 Å². The van der Waals surface area contributed by atoms with Crippen LogP contribution in [0.5, 0.6) is 0 Å². The lowest BCUT2D eigenvalue weighted by atomic mass is 9.97. The molecule has 2 bridgehead atoms. The number of aromatic nitrogens is 3. The Morgan fingerprint density at radius 3 is 2.56 bits per heavy atom. The van der Waals surface area contributed by atoms with E-state index in [0.29, 0.717) is 27.4 Å². The van der Waals surface area contributed by atoms with Crippen LogP contribution in [0, 0.1) is 5.92 Å². The van der Waals surface area contributed by atoms with Gasteiger partial charge in [-0.05, 0) is 73.2 Å². The molecule has 220 valence electrons. The van der Waals surface area contributed by atoms with Crippen LogP contribution in [-0.4, -0.2) is 55.4 Å². The van der Waals surface area contributed by atoms with Gasteiger partial charge in [-0.2, -0.15) is 5.10 Å². The number of hydrogen-bond acceptors (Lipinski definition) is 6. The summed E-state index contributed by atoms with van der Waals surface area (Å²) in [6, 6.07) is 16.1. The molecule has 0 radical (unpaired) electrons. The molecule has 0 unspecified atom stereocenters. The summed E-state index contributed by atoms with van der Waals surface area (Å²) in [6.45, 7) is -0.202. The molecule has 4 N–H and O–H groups in total. The highest BCUT2D eigenvalue weighted by atomic mass is 35.5. The van der Waals surface area contributed by atoms with Gasteiger partial charge in [-0.3, -0.25) is 23.9 Å². The van der Waals surface area contributed by atoms with Crippen LogP contribution < -0.4 is 16.4 Å². The maximum Gasteiger partial charge on any atom is 0.269 e. The van der Waals surface area contributed by atoms with Crippen LogP contribution in [0.25, 0.3) is 10.9 Å². The van der Waals surface area contributed by atoms with E-state index in [1.165, 1.54) is 4.68 Å². The van der Waals surface area contributed by atoms with Crippen molar-refractivity contribution in [3.05, 3.63) is 82.1 Å². The van der Waals surface area contributed by atoms with Crippen molar-refractivity contribution in [3.63, 3.8) is 0 Å². The fourth-order valence-corrected chi connectivity index (χ4v) is 6.55. The third-order valence-electron chi connectivity index (χ3n) is 7.91. The first-order valence-corrected chi connectivity index (χ1v) is 14.5. The van der Waals surface area contributed by atoms with Gasteiger partial charge in [0.05, 0.1) is 11.9 Å². The second kappa shape index (κ2) is 11.7. The maximum atomic E-state index is 13.7. The number of nitrogens with zero attached hydrogens (tertiary/aromatic N) is 4. The third kappa shape index (κ3) is 5.91. The number of carbonyl (C=O) groups excluding carboxylic acids is 4.